The lowest BCUT2D eigenvalue weighted by Gasteiger charge is -2.04. The number of urea groups is 1. The Morgan fingerprint density at radius 1 is 1.35 bits per heavy atom. The Bertz CT molecular complexity index is 867. The third kappa shape index (κ3) is 2.59. The normalized spacial score (nSPS) is 15.8. The molecule has 1 aromatic carbocycles. The van der Waals surface area contributed by atoms with Crippen LogP contribution in [0.3, 0.4) is 0 Å². The standard InChI is InChI=1S/C14H13N5O4/c15-14(23)19-18-9-3-4-16-12(20)11-10(9)7-5-6(13(21)22)1-2-8(7)17-11/h1-2,5,17H,3-4H2,(H,16,20)(H,21,22)(H3,15,19,23). The lowest BCUT2D eigenvalue weighted by molar-refractivity contribution is 0.0696. The van der Waals surface area contributed by atoms with E-state index >= 15 is 0 Å². The largest absolute Gasteiger partial charge is 0.478 e. The van der Waals surface area contributed by atoms with Crippen molar-refractivity contribution < 1.29 is 19.5 Å². The van der Waals surface area contributed by atoms with E-state index in [0.29, 0.717) is 35.1 Å². The number of carbonyl (C=O) groups excluding carboxylic acids is 2. The lowest BCUT2D eigenvalue weighted by Crippen LogP contribution is -2.26. The molecular formula is C14H13N5O4. The van der Waals surface area contributed by atoms with Crippen LogP contribution in [0.4, 0.5) is 4.79 Å². The highest BCUT2D eigenvalue weighted by Crippen LogP contribution is 2.27. The predicted molar refractivity (Wildman–Crippen MR) is 81.5 cm³/mol. The first-order chi connectivity index (χ1) is 11.0. The van der Waals surface area contributed by atoms with E-state index in [2.05, 4.69) is 20.8 Å². The van der Waals surface area contributed by atoms with Crippen molar-refractivity contribution in [2.75, 3.05) is 6.54 Å². The van der Waals surface area contributed by atoms with E-state index in [-0.39, 0.29) is 17.2 Å². The van der Waals surface area contributed by atoms with Gasteiger partial charge in [-0.3, -0.25) is 4.79 Å². The third-order valence-corrected chi connectivity index (χ3v) is 3.51. The lowest BCUT2D eigenvalue weighted by atomic mass is 10.0. The van der Waals surface area contributed by atoms with Crippen molar-refractivity contribution in [3.63, 3.8) is 0 Å². The van der Waals surface area contributed by atoms with Gasteiger partial charge in [-0.25, -0.2) is 15.0 Å². The average Bonchev–Trinajstić information content (AvgIpc) is 2.81. The molecule has 118 valence electrons. The van der Waals surface area contributed by atoms with Gasteiger partial charge in [0.2, 0.25) is 0 Å². The molecular weight excluding hydrogens is 302 g/mol. The van der Waals surface area contributed by atoms with Crippen LogP contribution in [0.25, 0.3) is 10.9 Å². The molecule has 2 heterocycles. The third-order valence-electron chi connectivity index (χ3n) is 3.51. The summed E-state index contributed by atoms with van der Waals surface area (Å²) in [4.78, 5) is 37.2. The molecule has 0 unspecified atom stereocenters. The summed E-state index contributed by atoms with van der Waals surface area (Å²) in [6.45, 7) is 0.334. The molecule has 0 aliphatic carbocycles. The van der Waals surface area contributed by atoms with Gasteiger partial charge in [0.05, 0.1) is 11.3 Å². The zero-order chi connectivity index (χ0) is 16.6. The molecule has 1 aromatic heterocycles. The Labute approximate surface area is 129 Å². The summed E-state index contributed by atoms with van der Waals surface area (Å²) in [5, 5.41) is 16.3. The zero-order valence-corrected chi connectivity index (χ0v) is 11.8. The van der Waals surface area contributed by atoms with Gasteiger partial charge in [0, 0.05) is 29.4 Å². The van der Waals surface area contributed by atoms with Gasteiger partial charge in [0.15, 0.2) is 0 Å². The maximum absolute atomic E-state index is 12.2. The van der Waals surface area contributed by atoms with E-state index in [0.717, 1.165) is 0 Å². The van der Waals surface area contributed by atoms with Crippen molar-refractivity contribution in [3.05, 3.63) is 35.0 Å². The van der Waals surface area contributed by atoms with Crippen LogP contribution in [0.15, 0.2) is 23.3 Å². The van der Waals surface area contributed by atoms with Crippen LogP contribution in [0.5, 0.6) is 0 Å². The zero-order valence-electron chi connectivity index (χ0n) is 11.8. The number of hydrogen-bond donors (Lipinski definition) is 5. The molecule has 0 radical (unpaired) electrons. The number of aromatic amines is 1. The van der Waals surface area contributed by atoms with Crippen molar-refractivity contribution in [2.24, 2.45) is 10.8 Å². The Morgan fingerprint density at radius 3 is 2.83 bits per heavy atom. The number of carboxylic acid groups (broad SMARTS) is 1. The molecule has 0 atom stereocenters. The predicted octanol–water partition coefficient (Wildman–Crippen LogP) is 0.372. The molecule has 9 nitrogen and oxygen atoms in total. The van der Waals surface area contributed by atoms with Crippen molar-refractivity contribution in [1.29, 1.82) is 0 Å². The molecule has 2 aromatic rings. The summed E-state index contributed by atoms with van der Waals surface area (Å²) in [5.74, 6) is -1.40. The summed E-state index contributed by atoms with van der Waals surface area (Å²) in [6, 6.07) is 3.66. The number of aromatic nitrogens is 1. The second-order valence-electron chi connectivity index (χ2n) is 4.98. The molecule has 9 heteroatoms. The number of hydrazone groups is 1. The Balaban J connectivity index is 2.25. The molecule has 3 rings (SSSR count). The molecule has 23 heavy (non-hydrogen) atoms. The molecule has 0 bridgehead atoms. The van der Waals surface area contributed by atoms with Crippen LogP contribution in [-0.2, 0) is 0 Å². The highest BCUT2D eigenvalue weighted by Gasteiger charge is 2.25. The van der Waals surface area contributed by atoms with Gasteiger partial charge in [-0.2, -0.15) is 5.10 Å². The van der Waals surface area contributed by atoms with Gasteiger partial charge in [-0.05, 0) is 18.2 Å². The minimum atomic E-state index is -1.08. The Morgan fingerprint density at radius 2 is 2.13 bits per heavy atom. The molecule has 0 saturated heterocycles. The molecule has 3 amide bonds. The Kier molecular flexibility index (Phi) is 3.45. The summed E-state index contributed by atoms with van der Waals surface area (Å²) >= 11 is 0. The van der Waals surface area contributed by atoms with Gasteiger partial charge in [-0.1, -0.05) is 0 Å². The topological polar surface area (TPSA) is 150 Å². The molecule has 0 spiro atoms. The number of nitrogens with one attached hydrogen (secondary N) is 3. The number of carboxylic acids is 1. The minimum absolute atomic E-state index is 0.0890. The van der Waals surface area contributed by atoms with Crippen molar-refractivity contribution in [1.82, 2.24) is 15.7 Å². The van der Waals surface area contributed by atoms with Gasteiger partial charge >= 0.3 is 12.0 Å². The highest BCUT2D eigenvalue weighted by atomic mass is 16.4. The van der Waals surface area contributed by atoms with E-state index < -0.39 is 12.0 Å². The second-order valence-corrected chi connectivity index (χ2v) is 4.98. The van der Waals surface area contributed by atoms with Crippen LogP contribution in [0, 0.1) is 0 Å². The molecule has 0 fully saturated rings. The van der Waals surface area contributed by atoms with Crippen molar-refractivity contribution in [3.8, 4) is 0 Å². The number of carbonyl (C=O) groups is 3. The van der Waals surface area contributed by atoms with E-state index in [1.54, 1.807) is 6.07 Å². The fraction of sp³-hybridized carbons (Fsp3) is 0.143. The van der Waals surface area contributed by atoms with Gasteiger partial charge in [0.1, 0.15) is 5.69 Å². The highest BCUT2D eigenvalue weighted by molar-refractivity contribution is 6.19. The number of primary amides is 1. The molecule has 6 N–H and O–H groups in total. The summed E-state index contributed by atoms with van der Waals surface area (Å²) in [6.07, 6.45) is 0.364. The monoisotopic (exact) mass is 315 g/mol. The number of nitrogens with zero attached hydrogens (tertiary/aromatic N) is 1. The molecule has 1 aliphatic heterocycles. The van der Waals surface area contributed by atoms with E-state index in [4.69, 9.17) is 10.8 Å². The number of H-pyrrole nitrogens is 1. The van der Waals surface area contributed by atoms with Crippen LogP contribution in [0.1, 0.15) is 32.8 Å². The molecule has 1 aliphatic rings. The van der Waals surface area contributed by atoms with Crippen LogP contribution in [-0.4, -0.2) is 40.3 Å². The first kappa shape index (κ1) is 14.6. The fourth-order valence-electron chi connectivity index (χ4n) is 2.54. The number of aromatic carboxylic acids is 1. The van der Waals surface area contributed by atoms with Crippen LogP contribution < -0.4 is 16.5 Å². The van der Waals surface area contributed by atoms with Gasteiger partial charge in [-0.15, -0.1) is 0 Å². The fourth-order valence-corrected chi connectivity index (χ4v) is 2.54. The minimum Gasteiger partial charge on any atom is -0.478 e. The first-order valence-corrected chi connectivity index (χ1v) is 6.77. The van der Waals surface area contributed by atoms with Crippen LogP contribution >= 0.6 is 0 Å². The number of nitrogens with two attached hydrogens (primary N) is 1. The van der Waals surface area contributed by atoms with E-state index in [1.807, 2.05) is 0 Å². The van der Waals surface area contributed by atoms with Crippen molar-refractivity contribution >= 4 is 34.5 Å². The van der Waals surface area contributed by atoms with Gasteiger partial charge < -0.3 is 21.1 Å². The summed E-state index contributed by atoms with van der Waals surface area (Å²) in [5.41, 5.74) is 9.03. The maximum Gasteiger partial charge on any atom is 0.335 e. The van der Waals surface area contributed by atoms with Crippen molar-refractivity contribution in [2.45, 2.75) is 6.42 Å². The number of benzene rings is 1. The number of fused-ring (bicyclic) bond motifs is 3. The Hall–Kier alpha value is -3.36. The number of hydrogen-bond acceptors (Lipinski definition) is 4. The summed E-state index contributed by atoms with van der Waals surface area (Å²) in [7, 11) is 0. The smallest absolute Gasteiger partial charge is 0.335 e. The average molecular weight is 315 g/mol. The second kappa shape index (κ2) is 5.44. The van der Waals surface area contributed by atoms with Gasteiger partial charge in [0.25, 0.3) is 5.91 Å². The first-order valence-electron chi connectivity index (χ1n) is 6.77. The quantitative estimate of drug-likeness (QED) is 0.509. The molecule has 0 saturated carbocycles. The van der Waals surface area contributed by atoms with Crippen LogP contribution in [0.2, 0.25) is 0 Å². The SMILES string of the molecule is NC(=O)NN=C1CCNC(=O)c2[nH]c3ccc(C(=O)O)cc3c21. The number of rotatable bonds is 2. The summed E-state index contributed by atoms with van der Waals surface area (Å²) < 4.78 is 0. The van der Waals surface area contributed by atoms with E-state index in [1.165, 1.54) is 12.1 Å². The maximum atomic E-state index is 12.2. The van der Waals surface area contributed by atoms with E-state index in [9.17, 15) is 14.4 Å². The number of amides is 3.